The number of rotatable bonds is 4. The first-order valence-corrected chi connectivity index (χ1v) is 6.36. The van der Waals surface area contributed by atoms with Gasteiger partial charge in [0.05, 0.1) is 0 Å². The van der Waals surface area contributed by atoms with Crippen LogP contribution in [0.25, 0.3) is 11.3 Å². The van der Waals surface area contributed by atoms with Gasteiger partial charge < -0.3 is 10.3 Å². The van der Waals surface area contributed by atoms with Crippen molar-refractivity contribution in [3.8, 4) is 11.3 Å². The highest BCUT2D eigenvalue weighted by Gasteiger charge is 2.20. The van der Waals surface area contributed by atoms with Gasteiger partial charge in [-0.25, -0.2) is 0 Å². The minimum atomic E-state index is 0.717. The highest BCUT2D eigenvalue weighted by Crippen LogP contribution is 2.26. The predicted octanol–water partition coefficient (Wildman–Crippen LogP) is 3.59. The average Bonchev–Trinajstić information content (AvgIpc) is 3.00. The van der Waals surface area contributed by atoms with Crippen molar-refractivity contribution in [1.82, 2.24) is 10.3 Å². The molecule has 0 spiro atoms. The molecule has 0 aliphatic heterocycles. The molecule has 1 heterocycles. The lowest BCUT2D eigenvalue weighted by atomic mass is 10.1. The number of benzene rings is 1. The molecule has 17 heavy (non-hydrogen) atoms. The minimum Gasteiger partial charge on any atom is -0.361 e. The SMILES string of the molecule is Clc1cc(-c2ccc[nH]2)ccc1CNC1CC1. The van der Waals surface area contributed by atoms with E-state index < -0.39 is 0 Å². The Hall–Kier alpha value is -1.25. The molecule has 0 saturated heterocycles. The average molecular weight is 247 g/mol. The molecule has 1 aliphatic rings. The normalized spacial score (nSPS) is 15.1. The van der Waals surface area contributed by atoms with E-state index in [1.807, 2.05) is 24.4 Å². The van der Waals surface area contributed by atoms with Crippen LogP contribution in [-0.4, -0.2) is 11.0 Å². The fourth-order valence-electron chi connectivity index (χ4n) is 1.91. The summed E-state index contributed by atoms with van der Waals surface area (Å²) in [5, 5.41) is 4.31. The van der Waals surface area contributed by atoms with Crippen LogP contribution in [-0.2, 0) is 6.54 Å². The zero-order valence-electron chi connectivity index (χ0n) is 9.54. The molecule has 0 bridgehead atoms. The lowest BCUT2D eigenvalue weighted by molar-refractivity contribution is 0.688. The molecule has 1 fully saturated rings. The maximum Gasteiger partial charge on any atom is 0.0457 e. The standard InChI is InChI=1S/C14H15ClN2/c15-13-8-10(14-2-1-7-16-14)3-4-11(13)9-17-12-5-6-12/h1-4,7-8,12,16-17H,5-6,9H2. The molecule has 2 N–H and O–H groups in total. The van der Waals surface area contributed by atoms with Gasteiger partial charge in [-0.1, -0.05) is 23.7 Å². The first kappa shape index (κ1) is 10.9. The molecule has 2 nitrogen and oxygen atoms in total. The van der Waals surface area contributed by atoms with Crippen LogP contribution in [0, 0.1) is 0 Å². The summed E-state index contributed by atoms with van der Waals surface area (Å²) in [6.07, 6.45) is 4.53. The fourth-order valence-corrected chi connectivity index (χ4v) is 2.16. The number of H-pyrrole nitrogens is 1. The minimum absolute atomic E-state index is 0.717. The Balaban J connectivity index is 1.78. The fraction of sp³-hybridized carbons (Fsp3) is 0.286. The number of nitrogens with one attached hydrogen (secondary N) is 2. The Morgan fingerprint density at radius 1 is 1.29 bits per heavy atom. The van der Waals surface area contributed by atoms with E-state index in [-0.39, 0.29) is 0 Å². The maximum absolute atomic E-state index is 6.30. The summed E-state index contributed by atoms with van der Waals surface area (Å²) >= 11 is 6.30. The van der Waals surface area contributed by atoms with Crippen LogP contribution in [0.5, 0.6) is 0 Å². The van der Waals surface area contributed by atoms with Crippen LogP contribution >= 0.6 is 11.6 Å². The largest absolute Gasteiger partial charge is 0.361 e. The van der Waals surface area contributed by atoms with Crippen LogP contribution in [0.4, 0.5) is 0 Å². The first-order valence-electron chi connectivity index (χ1n) is 5.98. The zero-order chi connectivity index (χ0) is 11.7. The summed E-state index contributed by atoms with van der Waals surface area (Å²) in [4.78, 5) is 3.19. The van der Waals surface area contributed by atoms with Gasteiger partial charge in [0.25, 0.3) is 0 Å². The highest BCUT2D eigenvalue weighted by molar-refractivity contribution is 6.31. The summed E-state index contributed by atoms with van der Waals surface area (Å²) in [5.41, 5.74) is 3.41. The molecule has 0 amide bonds. The molecular weight excluding hydrogens is 232 g/mol. The van der Waals surface area contributed by atoms with Crippen LogP contribution in [0.2, 0.25) is 5.02 Å². The van der Waals surface area contributed by atoms with Crippen LogP contribution in [0.3, 0.4) is 0 Å². The molecule has 1 aromatic carbocycles. The Bertz CT molecular complexity index is 501. The predicted molar refractivity (Wildman–Crippen MR) is 71.1 cm³/mol. The van der Waals surface area contributed by atoms with Gasteiger partial charge >= 0.3 is 0 Å². The zero-order valence-corrected chi connectivity index (χ0v) is 10.3. The summed E-state index contributed by atoms with van der Waals surface area (Å²) in [5.74, 6) is 0. The second-order valence-corrected chi connectivity index (χ2v) is 4.95. The number of hydrogen-bond acceptors (Lipinski definition) is 1. The third-order valence-electron chi connectivity index (χ3n) is 3.12. The lowest BCUT2D eigenvalue weighted by Gasteiger charge is -2.07. The number of aromatic amines is 1. The van der Waals surface area contributed by atoms with Gasteiger partial charge in [-0.05, 0) is 42.2 Å². The van der Waals surface area contributed by atoms with E-state index in [0.29, 0.717) is 6.04 Å². The topological polar surface area (TPSA) is 27.8 Å². The van der Waals surface area contributed by atoms with Gasteiger partial charge in [0, 0.05) is 29.5 Å². The lowest BCUT2D eigenvalue weighted by Crippen LogP contribution is -2.15. The van der Waals surface area contributed by atoms with E-state index in [9.17, 15) is 0 Å². The van der Waals surface area contributed by atoms with E-state index in [4.69, 9.17) is 11.6 Å². The van der Waals surface area contributed by atoms with Crippen molar-refractivity contribution in [1.29, 1.82) is 0 Å². The molecule has 88 valence electrons. The van der Waals surface area contributed by atoms with E-state index in [1.165, 1.54) is 18.4 Å². The molecule has 1 aliphatic carbocycles. The van der Waals surface area contributed by atoms with E-state index in [1.54, 1.807) is 0 Å². The Morgan fingerprint density at radius 3 is 2.82 bits per heavy atom. The first-order chi connectivity index (χ1) is 8.33. The van der Waals surface area contributed by atoms with Gasteiger partial charge in [0.15, 0.2) is 0 Å². The van der Waals surface area contributed by atoms with Crippen LogP contribution in [0.15, 0.2) is 36.5 Å². The van der Waals surface area contributed by atoms with Crippen LogP contribution < -0.4 is 5.32 Å². The van der Waals surface area contributed by atoms with E-state index in [2.05, 4.69) is 22.4 Å². The van der Waals surface area contributed by atoms with Crippen molar-refractivity contribution in [2.75, 3.05) is 0 Å². The maximum atomic E-state index is 6.30. The molecule has 3 rings (SSSR count). The molecule has 0 radical (unpaired) electrons. The van der Waals surface area contributed by atoms with Gasteiger partial charge in [-0.2, -0.15) is 0 Å². The number of aromatic nitrogens is 1. The molecule has 3 heteroatoms. The third kappa shape index (κ3) is 2.54. The van der Waals surface area contributed by atoms with Gasteiger partial charge in [-0.3, -0.25) is 0 Å². The van der Waals surface area contributed by atoms with Gasteiger partial charge in [0.2, 0.25) is 0 Å². The Morgan fingerprint density at radius 2 is 2.18 bits per heavy atom. The number of halogens is 1. The smallest absolute Gasteiger partial charge is 0.0457 e. The second-order valence-electron chi connectivity index (χ2n) is 4.55. The molecule has 2 aromatic rings. The quantitative estimate of drug-likeness (QED) is 0.848. The molecule has 0 unspecified atom stereocenters. The Kier molecular flexibility index (Phi) is 2.91. The van der Waals surface area contributed by atoms with Crippen molar-refractivity contribution >= 4 is 11.6 Å². The summed E-state index contributed by atoms with van der Waals surface area (Å²) < 4.78 is 0. The monoisotopic (exact) mass is 246 g/mol. The summed E-state index contributed by atoms with van der Waals surface area (Å²) in [7, 11) is 0. The second kappa shape index (κ2) is 4.55. The number of hydrogen-bond donors (Lipinski definition) is 2. The van der Waals surface area contributed by atoms with Crippen molar-refractivity contribution in [3.05, 3.63) is 47.1 Å². The summed E-state index contributed by atoms with van der Waals surface area (Å²) in [6, 6.07) is 11.0. The third-order valence-corrected chi connectivity index (χ3v) is 3.47. The van der Waals surface area contributed by atoms with Crippen molar-refractivity contribution < 1.29 is 0 Å². The molecule has 1 saturated carbocycles. The molecule has 1 aromatic heterocycles. The highest BCUT2D eigenvalue weighted by atomic mass is 35.5. The van der Waals surface area contributed by atoms with E-state index >= 15 is 0 Å². The van der Waals surface area contributed by atoms with Crippen LogP contribution in [0.1, 0.15) is 18.4 Å². The summed E-state index contributed by atoms with van der Waals surface area (Å²) in [6.45, 7) is 0.870. The van der Waals surface area contributed by atoms with Gasteiger partial charge in [0.1, 0.15) is 0 Å². The van der Waals surface area contributed by atoms with Crippen molar-refractivity contribution in [2.24, 2.45) is 0 Å². The molecular formula is C14H15ClN2. The Labute approximate surface area is 106 Å². The van der Waals surface area contributed by atoms with Gasteiger partial charge in [-0.15, -0.1) is 0 Å². The molecule has 0 atom stereocenters. The van der Waals surface area contributed by atoms with E-state index in [0.717, 1.165) is 22.8 Å². The van der Waals surface area contributed by atoms with Crippen molar-refractivity contribution in [3.63, 3.8) is 0 Å². The van der Waals surface area contributed by atoms with Crippen molar-refractivity contribution in [2.45, 2.75) is 25.4 Å².